The van der Waals surface area contributed by atoms with Gasteiger partial charge in [-0.05, 0) is 31.9 Å². The van der Waals surface area contributed by atoms with E-state index in [1.54, 1.807) is 31.2 Å². The highest BCUT2D eigenvalue weighted by atomic mass is 32.1. The average Bonchev–Trinajstić information content (AvgIpc) is 3.20. The van der Waals surface area contributed by atoms with Gasteiger partial charge in [-0.15, -0.1) is 11.3 Å². The van der Waals surface area contributed by atoms with E-state index >= 15 is 0 Å². The molecule has 0 radical (unpaired) electrons. The topological polar surface area (TPSA) is 182 Å². The Morgan fingerprint density at radius 3 is 2.20 bits per heavy atom. The summed E-state index contributed by atoms with van der Waals surface area (Å²) in [5.41, 5.74) is 15.9. The van der Waals surface area contributed by atoms with Crippen molar-refractivity contribution >= 4 is 35.0 Å². The Morgan fingerprint density at radius 1 is 1.03 bits per heavy atom. The van der Waals surface area contributed by atoms with Gasteiger partial charge in [0.15, 0.2) is 5.96 Å². The zero-order valence-electron chi connectivity index (χ0n) is 16.5. The molecule has 2 aromatic rings. The number of carboxylic acid groups (broad SMARTS) is 2. The van der Waals surface area contributed by atoms with E-state index < -0.39 is 23.9 Å². The molecule has 0 aliphatic carbocycles. The summed E-state index contributed by atoms with van der Waals surface area (Å²) >= 11 is 1.24. The van der Waals surface area contributed by atoms with Gasteiger partial charge in [0, 0.05) is 17.0 Å². The minimum atomic E-state index is -1.00. The lowest BCUT2D eigenvalue weighted by molar-refractivity contribution is -0.139. The molecule has 9 nitrogen and oxygen atoms in total. The fourth-order valence-corrected chi connectivity index (χ4v) is 3.22. The number of nitrogens with zero attached hydrogens (tertiary/aromatic N) is 1. The van der Waals surface area contributed by atoms with E-state index in [1.165, 1.54) is 11.3 Å². The van der Waals surface area contributed by atoms with Crippen LogP contribution in [0.4, 0.5) is 0 Å². The Balaban J connectivity index is 0.000000329. The number of thiophene rings is 1. The van der Waals surface area contributed by atoms with Gasteiger partial charge in [0.05, 0.1) is 10.8 Å². The van der Waals surface area contributed by atoms with Crippen LogP contribution in [0.25, 0.3) is 0 Å². The van der Waals surface area contributed by atoms with E-state index in [1.807, 2.05) is 18.2 Å². The largest absolute Gasteiger partial charge is 0.481 e. The van der Waals surface area contributed by atoms with E-state index in [2.05, 4.69) is 4.99 Å². The Hall–Kier alpha value is -3.24. The van der Waals surface area contributed by atoms with Crippen LogP contribution in [0, 0.1) is 0 Å². The van der Waals surface area contributed by atoms with Crippen molar-refractivity contribution in [2.24, 2.45) is 22.2 Å². The molecule has 1 aromatic heterocycles. The number of hydrogen-bond acceptors (Lipinski definition) is 6. The maximum atomic E-state index is 12.1. The van der Waals surface area contributed by atoms with E-state index in [9.17, 15) is 14.4 Å². The number of carboxylic acids is 2. The number of rotatable bonds is 9. The summed E-state index contributed by atoms with van der Waals surface area (Å²) in [7, 11) is 0. The molecule has 162 valence electrons. The Bertz CT molecular complexity index is 878. The number of aliphatic imine (C=N–C) groups is 1. The third-order valence-corrected chi connectivity index (χ3v) is 5.24. The summed E-state index contributed by atoms with van der Waals surface area (Å²) in [5, 5.41) is 17.3. The zero-order chi connectivity index (χ0) is 22.7. The molecule has 10 heteroatoms. The maximum absolute atomic E-state index is 12.1. The molecule has 0 amide bonds. The molecule has 0 aliphatic rings. The first-order chi connectivity index (χ1) is 14.1. The standard InChI is InChI=1S/C14H12O3S.C6H14N4O2/c1-9(14(16)17)11-7-8-12(18-11)13(15)10-5-3-2-4-6-10;7-4(5(11)12)2-1-3-10-6(8)9/h2-9H,1H3,(H,16,17);4H,1-3,7H2,(H,11,12)(H4,8,9,10)/t;4-/m.0/s1. The molecule has 2 rings (SSSR count). The Labute approximate surface area is 178 Å². The molecular formula is C20H26N4O5S. The van der Waals surface area contributed by atoms with Crippen LogP contribution in [0.1, 0.15) is 45.8 Å². The normalized spacial score (nSPS) is 12.1. The number of benzene rings is 1. The van der Waals surface area contributed by atoms with Gasteiger partial charge in [0.1, 0.15) is 6.04 Å². The second-order valence-corrected chi connectivity index (χ2v) is 7.47. The Kier molecular flexibility index (Phi) is 10.2. The minimum absolute atomic E-state index is 0.0129. The summed E-state index contributed by atoms with van der Waals surface area (Å²) < 4.78 is 0. The van der Waals surface area contributed by atoms with Crippen molar-refractivity contribution in [1.82, 2.24) is 0 Å². The Morgan fingerprint density at radius 2 is 1.67 bits per heavy atom. The molecule has 0 bridgehead atoms. The van der Waals surface area contributed by atoms with Crippen LogP contribution in [0.2, 0.25) is 0 Å². The number of aliphatic carboxylic acids is 2. The maximum Gasteiger partial charge on any atom is 0.320 e. The molecule has 1 unspecified atom stereocenters. The lowest BCUT2D eigenvalue weighted by Gasteiger charge is -2.03. The smallest absolute Gasteiger partial charge is 0.320 e. The lowest BCUT2D eigenvalue weighted by Crippen LogP contribution is -2.30. The van der Waals surface area contributed by atoms with Crippen molar-refractivity contribution in [3.8, 4) is 0 Å². The third-order valence-electron chi connectivity index (χ3n) is 3.97. The lowest BCUT2D eigenvalue weighted by atomic mass is 10.1. The monoisotopic (exact) mass is 434 g/mol. The van der Waals surface area contributed by atoms with Gasteiger partial charge in [-0.3, -0.25) is 19.4 Å². The van der Waals surface area contributed by atoms with Crippen LogP contribution in [0.3, 0.4) is 0 Å². The number of hydrogen-bond donors (Lipinski definition) is 5. The van der Waals surface area contributed by atoms with Crippen molar-refractivity contribution in [3.63, 3.8) is 0 Å². The first-order valence-corrected chi connectivity index (χ1v) is 9.91. The molecule has 0 saturated carbocycles. The molecule has 0 fully saturated rings. The van der Waals surface area contributed by atoms with Crippen molar-refractivity contribution in [1.29, 1.82) is 0 Å². The number of carbonyl (C=O) groups excluding carboxylic acids is 1. The minimum Gasteiger partial charge on any atom is -0.481 e. The molecule has 8 N–H and O–H groups in total. The first-order valence-electron chi connectivity index (χ1n) is 9.09. The number of guanidine groups is 1. The van der Waals surface area contributed by atoms with Crippen LogP contribution >= 0.6 is 11.3 Å². The van der Waals surface area contributed by atoms with Crippen LogP contribution in [-0.2, 0) is 9.59 Å². The SMILES string of the molecule is CC(C(=O)O)c1ccc(C(=O)c2ccccc2)s1.NC(N)=NCCC[C@H](N)C(=O)O. The van der Waals surface area contributed by atoms with Crippen molar-refractivity contribution in [2.75, 3.05) is 6.54 Å². The number of nitrogens with two attached hydrogens (primary N) is 3. The molecule has 0 saturated heterocycles. The van der Waals surface area contributed by atoms with Crippen LogP contribution in [-0.4, -0.2) is 46.5 Å². The molecule has 0 aliphatic heterocycles. The fourth-order valence-electron chi connectivity index (χ4n) is 2.20. The van der Waals surface area contributed by atoms with Gasteiger partial charge in [-0.2, -0.15) is 0 Å². The fraction of sp³-hybridized carbons (Fsp3) is 0.300. The van der Waals surface area contributed by atoms with Crippen LogP contribution in [0.15, 0.2) is 47.5 Å². The number of carbonyl (C=O) groups is 3. The molecule has 1 aromatic carbocycles. The van der Waals surface area contributed by atoms with E-state index in [0.29, 0.717) is 34.7 Å². The predicted molar refractivity (Wildman–Crippen MR) is 116 cm³/mol. The van der Waals surface area contributed by atoms with Crippen molar-refractivity contribution < 1.29 is 24.6 Å². The van der Waals surface area contributed by atoms with Gasteiger partial charge in [-0.1, -0.05) is 30.3 Å². The molecule has 2 atom stereocenters. The van der Waals surface area contributed by atoms with Crippen molar-refractivity contribution in [3.05, 3.63) is 57.8 Å². The van der Waals surface area contributed by atoms with Gasteiger partial charge in [0.25, 0.3) is 0 Å². The summed E-state index contributed by atoms with van der Waals surface area (Å²) in [4.78, 5) is 38.2. The molecular weight excluding hydrogens is 408 g/mol. The van der Waals surface area contributed by atoms with E-state index in [-0.39, 0.29) is 11.7 Å². The van der Waals surface area contributed by atoms with Crippen molar-refractivity contribution in [2.45, 2.75) is 31.7 Å². The summed E-state index contributed by atoms with van der Waals surface area (Å²) in [6, 6.07) is 11.5. The van der Waals surface area contributed by atoms with Gasteiger partial charge < -0.3 is 27.4 Å². The number of ketones is 1. The van der Waals surface area contributed by atoms with Gasteiger partial charge >= 0.3 is 11.9 Å². The highest BCUT2D eigenvalue weighted by Crippen LogP contribution is 2.26. The van der Waals surface area contributed by atoms with E-state index in [0.717, 1.165) is 0 Å². The van der Waals surface area contributed by atoms with Gasteiger partial charge in [-0.25, -0.2) is 0 Å². The molecule has 1 heterocycles. The second kappa shape index (κ2) is 12.3. The average molecular weight is 435 g/mol. The highest BCUT2D eigenvalue weighted by molar-refractivity contribution is 7.14. The third kappa shape index (κ3) is 8.41. The first kappa shape index (κ1) is 24.8. The second-order valence-electron chi connectivity index (χ2n) is 6.35. The summed E-state index contributed by atoms with van der Waals surface area (Å²) in [6.45, 7) is 2.04. The predicted octanol–water partition coefficient (Wildman–Crippen LogP) is 1.62. The summed E-state index contributed by atoms with van der Waals surface area (Å²) in [6.07, 6.45) is 0.956. The van der Waals surface area contributed by atoms with Gasteiger partial charge in [0.2, 0.25) is 5.78 Å². The highest BCUT2D eigenvalue weighted by Gasteiger charge is 2.18. The van der Waals surface area contributed by atoms with E-state index in [4.69, 9.17) is 27.4 Å². The summed E-state index contributed by atoms with van der Waals surface area (Å²) in [5.74, 6) is -2.51. The molecule has 30 heavy (non-hydrogen) atoms. The zero-order valence-corrected chi connectivity index (χ0v) is 17.3. The van der Waals surface area contributed by atoms with Crippen LogP contribution in [0.5, 0.6) is 0 Å². The quantitative estimate of drug-likeness (QED) is 0.171. The molecule has 0 spiro atoms. The van der Waals surface area contributed by atoms with Crippen LogP contribution < -0.4 is 17.2 Å².